The van der Waals surface area contributed by atoms with Gasteiger partial charge in [-0.15, -0.1) is 6.58 Å². The first-order chi connectivity index (χ1) is 9.01. The Morgan fingerprint density at radius 1 is 1.37 bits per heavy atom. The van der Waals surface area contributed by atoms with Crippen molar-refractivity contribution < 1.29 is 0 Å². The summed E-state index contributed by atoms with van der Waals surface area (Å²) < 4.78 is 1.14. The molecule has 0 saturated heterocycles. The molecule has 0 heterocycles. The number of hydrogen-bond donors (Lipinski definition) is 2. The first-order valence-corrected chi connectivity index (χ1v) is 7.11. The van der Waals surface area contributed by atoms with Gasteiger partial charge in [-0.05, 0) is 11.6 Å². The lowest BCUT2D eigenvalue weighted by atomic mass is 9.84. The van der Waals surface area contributed by atoms with E-state index in [-0.39, 0.29) is 5.41 Å². The second kappa shape index (κ2) is 7.34. The monoisotopic (exact) mass is 323 g/mol. The number of benzene rings is 1. The van der Waals surface area contributed by atoms with Gasteiger partial charge in [0.05, 0.1) is 0 Å². The van der Waals surface area contributed by atoms with Crippen LogP contribution in [-0.4, -0.2) is 26.1 Å². The number of halogens is 1. The summed E-state index contributed by atoms with van der Waals surface area (Å²) in [7, 11) is 1.77. The summed E-state index contributed by atoms with van der Waals surface area (Å²) in [5, 5.41) is 6.51. The zero-order valence-corrected chi connectivity index (χ0v) is 13.4. The molecule has 0 radical (unpaired) electrons. The topological polar surface area (TPSA) is 36.4 Å². The second-order valence-corrected chi connectivity index (χ2v) is 5.81. The van der Waals surface area contributed by atoms with Crippen LogP contribution >= 0.6 is 15.9 Å². The molecule has 1 rings (SSSR count). The number of nitrogens with zero attached hydrogens (tertiary/aromatic N) is 1. The summed E-state index contributed by atoms with van der Waals surface area (Å²) in [6.45, 7) is 9.60. The van der Waals surface area contributed by atoms with Crippen LogP contribution in [0.5, 0.6) is 0 Å². The predicted octanol–water partition coefficient (Wildman–Crippen LogP) is 3.08. The van der Waals surface area contributed by atoms with Gasteiger partial charge in [-0.1, -0.05) is 54.1 Å². The van der Waals surface area contributed by atoms with Gasteiger partial charge in [0.15, 0.2) is 5.96 Å². The molecule has 3 nitrogen and oxygen atoms in total. The Morgan fingerprint density at radius 3 is 2.63 bits per heavy atom. The van der Waals surface area contributed by atoms with E-state index in [0.717, 1.165) is 17.0 Å². The minimum absolute atomic E-state index is 0.00585. The fraction of sp³-hybridized carbons (Fsp3) is 0.400. The Morgan fingerprint density at radius 2 is 2.05 bits per heavy atom. The summed E-state index contributed by atoms with van der Waals surface area (Å²) in [6, 6.07) is 8.31. The van der Waals surface area contributed by atoms with Crippen molar-refractivity contribution in [3.05, 3.63) is 47.0 Å². The van der Waals surface area contributed by atoms with Crippen molar-refractivity contribution in [2.24, 2.45) is 4.99 Å². The molecule has 0 unspecified atom stereocenters. The molecule has 0 saturated carbocycles. The van der Waals surface area contributed by atoms with Gasteiger partial charge in [-0.25, -0.2) is 0 Å². The van der Waals surface area contributed by atoms with Crippen LogP contribution in [0.15, 0.2) is 46.4 Å². The average molecular weight is 324 g/mol. The molecule has 0 aliphatic rings. The van der Waals surface area contributed by atoms with Crippen LogP contribution in [0.25, 0.3) is 0 Å². The summed E-state index contributed by atoms with van der Waals surface area (Å²) in [5.74, 6) is 0.792. The number of aliphatic imine (C=N–C) groups is 1. The molecule has 19 heavy (non-hydrogen) atoms. The van der Waals surface area contributed by atoms with Gasteiger partial charge in [-0.2, -0.15) is 0 Å². The molecular weight excluding hydrogens is 302 g/mol. The number of hydrogen-bond acceptors (Lipinski definition) is 1. The van der Waals surface area contributed by atoms with Gasteiger partial charge < -0.3 is 10.6 Å². The lowest BCUT2D eigenvalue weighted by Gasteiger charge is -2.27. The summed E-state index contributed by atoms with van der Waals surface area (Å²) in [4.78, 5) is 4.18. The molecule has 0 aliphatic carbocycles. The lowest BCUT2D eigenvalue weighted by molar-refractivity contribution is 0.507. The highest BCUT2D eigenvalue weighted by Crippen LogP contribution is 2.29. The third-order valence-electron chi connectivity index (χ3n) is 2.94. The largest absolute Gasteiger partial charge is 0.356 e. The van der Waals surface area contributed by atoms with Crippen molar-refractivity contribution in [3.63, 3.8) is 0 Å². The molecule has 0 amide bonds. The lowest BCUT2D eigenvalue weighted by Crippen LogP contribution is -2.43. The van der Waals surface area contributed by atoms with Crippen molar-refractivity contribution >= 4 is 21.9 Å². The fourth-order valence-corrected chi connectivity index (χ4v) is 2.62. The van der Waals surface area contributed by atoms with E-state index in [0.29, 0.717) is 6.54 Å². The van der Waals surface area contributed by atoms with Crippen molar-refractivity contribution in [2.45, 2.75) is 19.3 Å². The minimum Gasteiger partial charge on any atom is -0.356 e. The normalized spacial score (nSPS) is 12.1. The molecule has 0 atom stereocenters. The van der Waals surface area contributed by atoms with Crippen molar-refractivity contribution in [1.82, 2.24) is 10.6 Å². The van der Waals surface area contributed by atoms with E-state index in [4.69, 9.17) is 0 Å². The third-order valence-corrected chi connectivity index (χ3v) is 3.63. The van der Waals surface area contributed by atoms with E-state index in [1.807, 2.05) is 12.1 Å². The van der Waals surface area contributed by atoms with Crippen LogP contribution in [0.1, 0.15) is 19.4 Å². The smallest absolute Gasteiger partial charge is 0.191 e. The number of guanidine groups is 1. The second-order valence-electron chi connectivity index (χ2n) is 4.96. The van der Waals surface area contributed by atoms with Gasteiger partial charge in [0.2, 0.25) is 0 Å². The van der Waals surface area contributed by atoms with Crippen LogP contribution in [0, 0.1) is 0 Å². The van der Waals surface area contributed by atoms with E-state index < -0.39 is 0 Å². The van der Waals surface area contributed by atoms with Crippen LogP contribution in [0.4, 0.5) is 0 Å². The Balaban J connectivity index is 2.70. The number of nitrogens with one attached hydrogen (secondary N) is 2. The zero-order valence-electron chi connectivity index (χ0n) is 11.8. The molecule has 0 aromatic heterocycles. The highest BCUT2D eigenvalue weighted by molar-refractivity contribution is 9.10. The SMILES string of the molecule is C=CCNC(=NC)NCC(C)(C)c1ccccc1Br. The van der Waals surface area contributed by atoms with Crippen LogP contribution in [0.3, 0.4) is 0 Å². The first kappa shape index (κ1) is 15.8. The summed E-state index contributed by atoms with van der Waals surface area (Å²) in [6.07, 6.45) is 1.81. The maximum absolute atomic E-state index is 4.18. The fourth-order valence-electron chi connectivity index (χ4n) is 1.80. The van der Waals surface area contributed by atoms with Crippen LogP contribution in [0.2, 0.25) is 0 Å². The first-order valence-electron chi connectivity index (χ1n) is 6.31. The minimum atomic E-state index is 0.00585. The van der Waals surface area contributed by atoms with Crippen LogP contribution in [-0.2, 0) is 5.41 Å². The Labute approximate surface area is 124 Å². The molecule has 0 fully saturated rings. The van der Waals surface area contributed by atoms with Gasteiger partial charge in [0.1, 0.15) is 0 Å². The Hall–Kier alpha value is -1.29. The Kier molecular flexibility index (Phi) is 6.09. The number of rotatable bonds is 5. The van der Waals surface area contributed by atoms with E-state index >= 15 is 0 Å². The molecule has 4 heteroatoms. The average Bonchev–Trinajstić information content (AvgIpc) is 2.39. The van der Waals surface area contributed by atoms with Crippen LogP contribution < -0.4 is 10.6 Å². The summed E-state index contributed by atoms with van der Waals surface area (Å²) in [5.41, 5.74) is 1.29. The van der Waals surface area contributed by atoms with E-state index in [9.17, 15) is 0 Å². The predicted molar refractivity (Wildman–Crippen MR) is 86.7 cm³/mol. The van der Waals surface area contributed by atoms with Gasteiger partial charge in [0.25, 0.3) is 0 Å². The van der Waals surface area contributed by atoms with E-state index in [2.05, 4.69) is 70.2 Å². The maximum atomic E-state index is 4.18. The van der Waals surface area contributed by atoms with Gasteiger partial charge >= 0.3 is 0 Å². The van der Waals surface area contributed by atoms with E-state index in [1.54, 1.807) is 7.05 Å². The molecule has 0 aliphatic heterocycles. The quantitative estimate of drug-likeness (QED) is 0.496. The van der Waals surface area contributed by atoms with Crippen molar-refractivity contribution in [3.8, 4) is 0 Å². The third kappa shape index (κ3) is 4.71. The zero-order chi connectivity index (χ0) is 14.3. The molecule has 1 aromatic rings. The molecule has 0 spiro atoms. The molecule has 104 valence electrons. The van der Waals surface area contributed by atoms with Crippen molar-refractivity contribution in [1.29, 1.82) is 0 Å². The maximum Gasteiger partial charge on any atom is 0.191 e. The highest BCUT2D eigenvalue weighted by Gasteiger charge is 2.22. The van der Waals surface area contributed by atoms with Gasteiger partial charge in [-0.3, -0.25) is 4.99 Å². The summed E-state index contributed by atoms with van der Waals surface area (Å²) >= 11 is 3.61. The molecule has 1 aromatic carbocycles. The Bertz CT molecular complexity index is 452. The van der Waals surface area contributed by atoms with Gasteiger partial charge in [0, 0.05) is 30.0 Å². The molecule has 2 N–H and O–H groups in total. The highest BCUT2D eigenvalue weighted by atomic mass is 79.9. The molecular formula is C15H22BrN3. The standard InChI is InChI=1S/C15H22BrN3/c1-5-10-18-14(17-4)19-11-15(2,3)12-8-6-7-9-13(12)16/h5-9H,1,10-11H2,2-4H3,(H2,17,18,19). The van der Waals surface area contributed by atoms with Crippen molar-refractivity contribution in [2.75, 3.05) is 20.1 Å². The molecule has 0 bridgehead atoms. The van der Waals surface area contributed by atoms with E-state index in [1.165, 1.54) is 5.56 Å².